The first-order chi connectivity index (χ1) is 4.70. The number of ether oxygens (including phenoxy) is 1. The molecule has 0 rings (SSSR count). The van der Waals surface area contributed by atoms with E-state index in [1.807, 2.05) is 6.92 Å². The lowest BCUT2D eigenvalue weighted by Crippen LogP contribution is -2.31. The SMILES string of the molecule is COCC(C)CC(=O)NN. The molecule has 0 radical (unpaired) electrons. The monoisotopic (exact) mass is 146 g/mol. The fourth-order valence-electron chi connectivity index (χ4n) is 0.719. The summed E-state index contributed by atoms with van der Waals surface area (Å²) in [5.41, 5.74) is 2.06. The molecule has 0 fully saturated rings. The van der Waals surface area contributed by atoms with Crippen molar-refractivity contribution >= 4 is 5.91 Å². The van der Waals surface area contributed by atoms with Crippen molar-refractivity contribution in [1.29, 1.82) is 0 Å². The highest BCUT2D eigenvalue weighted by Gasteiger charge is 2.06. The van der Waals surface area contributed by atoms with E-state index in [4.69, 9.17) is 10.6 Å². The van der Waals surface area contributed by atoms with E-state index >= 15 is 0 Å². The highest BCUT2D eigenvalue weighted by molar-refractivity contribution is 5.75. The van der Waals surface area contributed by atoms with E-state index in [-0.39, 0.29) is 11.8 Å². The quantitative estimate of drug-likeness (QED) is 0.323. The summed E-state index contributed by atoms with van der Waals surface area (Å²) in [6, 6.07) is 0. The third-order valence-corrected chi connectivity index (χ3v) is 1.15. The average Bonchev–Trinajstić information content (AvgIpc) is 1.88. The standard InChI is InChI=1S/C6H14N2O2/c1-5(4-10-2)3-6(9)8-7/h5H,3-4,7H2,1-2H3,(H,8,9). The van der Waals surface area contributed by atoms with Crippen LogP contribution < -0.4 is 11.3 Å². The molecular formula is C6H14N2O2. The molecule has 0 aromatic heterocycles. The number of rotatable bonds is 4. The molecule has 3 N–H and O–H groups in total. The van der Waals surface area contributed by atoms with Crippen molar-refractivity contribution in [2.24, 2.45) is 11.8 Å². The first-order valence-corrected chi connectivity index (χ1v) is 3.19. The minimum absolute atomic E-state index is 0.149. The summed E-state index contributed by atoms with van der Waals surface area (Å²) in [5, 5.41) is 0. The zero-order valence-corrected chi connectivity index (χ0v) is 6.39. The van der Waals surface area contributed by atoms with Crippen LogP contribution in [0.1, 0.15) is 13.3 Å². The smallest absolute Gasteiger partial charge is 0.234 e. The van der Waals surface area contributed by atoms with Crippen LogP contribution in [-0.4, -0.2) is 19.6 Å². The molecule has 0 bridgehead atoms. The zero-order chi connectivity index (χ0) is 7.98. The van der Waals surface area contributed by atoms with Gasteiger partial charge in [-0.1, -0.05) is 6.92 Å². The summed E-state index contributed by atoms with van der Waals surface area (Å²) >= 11 is 0. The summed E-state index contributed by atoms with van der Waals surface area (Å²) < 4.78 is 4.83. The molecular weight excluding hydrogens is 132 g/mol. The molecule has 0 heterocycles. The molecule has 0 saturated carbocycles. The predicted octanol–water partition coefficient (Wildman–Crippen LogP) is -0.351. The van der Waals surface area contributed by atoms with Crippen LogP contribution in [0.15, 0.2) is 0 Å². The van der Waals surface area contributed by atoms with Crippen molar-refractivity contribution in [3.8, 4) is 0 Å². The molecule has 0 saturated heterocycles. The van der Waals surface area contributed by atoms with Crippen LogP contribution in [0.3, 0.4) is 0 Å². The van der Waals surface area contributed by atoms with Gasteiger partial charge in [-0.2, -0.15) is 0 Å². The molecule has 0 aromatic rings. The van der Waals surface area contributed by atoms with Gasteiger partial charge in [-0.05, 0) is 5.92 Å². The summed E-state index contributed by atoms with van der Waals surface area (Å²) in [4.78, 5) is 10.6. The van der Waals surface area contributed by atoms with E-state index in [2.05, 4.69) is 5.43 Å². The molecule has 1 atom stereocenters. The molecule has 4 nitrogen and oxygen atoms in total. The maximum Gasteiger partial charge on any atom is 0.234 e. The van der Waals surface area contributed by atoms with E-state index in [1.54, 1.807) is 7.11 Å². The number of nitrogens with two attached hydrogens (primary N) is 1. The Morgan fingerprint density at radius 3 is 2.80 bits per heavy atom. The molecule has 0 aliphatic heterocycles. The summed E-state index contributed by atoms with van der Waals surface area (Å²) in [6.07, 6.45) is 0.421. The second kappa shape index (κ2) is 5.20. The van der Waals surface area contributed by atoms with Crippen molar-refractivity contribution in [2.45, 2.75) is 13.3 Å². The van der Waals surface area contributed by atoms with Crippen molar-refractivity contribution in [3.05, 3.63) is 0 Å². The van der Waals surface area contributed by atoms with Crippen molar-refractivity contribution in [1.82, 2.24) is 5.43 Å². The maximum atomic E-state index is 10.6. The molecule has 1 amide bonds. The highest BCUT2D eigenvalue weighted by Crippen LogP contribution is 2.00. The Morgan fingerprint density at radius 2 is 2.40 bits per heavy atom. The number of carbonyl (C=O) groups excluding carboxylic acids is 1. The number of hydrazine groups is 1. The van der Waals surface area contributed by atoms with Gasteiger partial charge in [-0.15, -0.1) is 0 Å². The Balaban J connectivity index is 3.37. The van der Waals surface area contributed by atoms with Crippen molar-refractivity contribution in [3.63, 3.8) is 0 Å². The topological polar surface area (TPSA) is 64.3 Å². The Labute approximate surface area is 60.7 Å². The Bertz CT molecular complexity index is 106. The van der Waals surface area contributed by atoms with Crippen LogP contribution in [-0.2, 0) is 9.53 Å². The van der Waals surface area contributed by atoms with Crippen LogP contribution in [0.25, 0.3) is 0 Å². The average molecular weight is 146 g/mol. The number of nitrogens with one attached hydrogen (secondary N) is 1. The molecule has 0 aromatic carbocycles. The van der Waals surface area contributed by atoms with Gasteiger partial charge in [0.2, 0.25) is 5.91 Å². The van der Waals surface area contributed by atoms with Crippen LogP contribution >= 0.6 is 0 Å². The summed E-state index contributed by atoms with van der Waals surface area (Å²) in [6.45, 7) is 2.52. The predicted molar refractivity (Wildman–Crippen MR) is 38.0 cm³/mol. The first kappa shape index (κ1) is 9.39. The van der Waals surface area contributed by atoms with Crippen LogP contribution in [0, 0.1) is 5.92 Å². The minimum Gasteiger partial charge on any atom is -0.384 e. The van der Waals surface area contributed by atoms with Crippen LogP contribution in [0.5, 0.6) is 0 Å². The maximum absolute atomic E-state index is 10.6. The third kappa shape index (κ3) is 4.29. The lowest BCUT2D eigenvalue weighted by atomic mass is 10.1. The summed E-state index contributed by atoms with van der Waals surface area (Å²) in [7, 11) is 1.61. The van der Waals surface area contributed by atoms with Crippen LogP contribution in [0.2, 0.25) is 0 Å². The molecule has 0 aliphatic carbocycles. The Morgan fingerprint density at radius 1 is 1.80 bits per heavy atom. The van der Waals surface area contributed by atoms with Gasteiger partial charge in [0.15, 0.2) is 0 Å². The van der Waals surface area contributed by atoms with Gasteiger partial charge >= 0.3 is 0 Å². The van der Waals surface area contributed by atoms with Gasteiger partial charge in [-0.3, -0.25) is 10.2 Å². The van der Waals surface area contributed by atoms with E-state index in [9.17, 15) is 4.79 Å². The lowest BCUT2D eigenvalue weighted by Gasteiger charge is -2.07. The number of hydrogen-bond donors (Lipinski definition) is 2. The number of hydrogen-bond acceptors (Lipinski definition) is 3. The number of amides is 1. The van der Waals surface area contributed by atoms with Gasteiger partial charge in [-0.25, -0.2) is 5.84 Å². The van der Waals surface area contributed by atoms with Gasteiger partial charge < -0.3 is 4.74 Å². The van der Waals surface area contributed by atoms with Gasteiger partial charge in [0.25, 0.3) is 0 Å². The molecule has 60 valence electrons. The lowest BCUT2D eigenvalue weighted by molar-refractivity contribution is -0.122. The Kier molecular flexibility index (Phi) is 4.88. The molecule has 0 aliphatic rings. The second-order valence-electron chi connectivity index (χ2n) is 2.33. The molecule has 1 unspecified atom stereocenters. The number of carbonyl (C=O) groups is 1. The third-order valence-electron chi connectivity index (χ3n) is 1.15. The van der Waals surface area contributed by atoms with E-state index in [1.165, 1.54) is 0 Å². The minimum atomic E-state index is -0.149. The van der Waals surface area contributed by atoms with Gasteiger partial charge in [0.05, 0.1) is 0 Å². The Hall–Kier alpha value is -0.610. The van der Waals surface area contributed by atoms with E-state index in [0.717, 1.165) is 0 Å². The first-order valence-electron chi connectivity index (χ1n) is 3.19. The van der Waals surface area contributed by atoms with Gasteiger partial charge in [0, 0.05) is 20.1 Å². The van der Waals surface area contributed by atoms with Crippen LogP contribution in [0.4, 0.5) is 0 Å². The summed E-state index contributed by atoms with van der Waals surface area (Å²) in [5.74, 6) is 4.96. The molecule has 4 heteroatoms. The van der Waals surface area contributed by atoms with E-state index in [0.29, 0.717) is 13.0 Å². The van der Waals surface area contributed by atoms with Crippen molar-refractivity contribution in [2.75, 3.05) is 13.7 Å². The second-order valence-corrected chi connectivity index (χ2v) is 2.33. The number of methoxy groups -OCH3 is 1. The van der Waals surface area contributed by atoms with E-state index < -0.39 is 0 Å². The largest absolute Gasteiger partial charge is 0.384 e. The molecule has 0 spiro atoms. The normalized spacial score (nSPS) is 12.7. The fraction of sp³-hybridized carbons (Fsp3) is 0.833. The molecule has 10 heavy (non-hydrogen) atoms. The zero-order valence-electron chi connectivity index (χ0n) is 6.39. The van der Waals surface area contributed by atoms with Crippen molar-refractivity contribution < 1.29 is 9.53 Å². The van der Waals surface area contributed by atoms with Gasteiger partial charge in [0.1, 0.15) is 0 Å². The fourth-order valence-corrected chi connectivity index (χ4v) is 0.719. The highest BCUT2D eigenvalue weighted by atomic mass is 16.5.